The van der Waals surface area contributed by atoms with Crippen molar-refractivity contribution in [3.63, 3.8) is 0 Å². The van der Waals surface area contributed by atoms with Crippen molar-refractivity contribution in [2.24, 2.45) is 0 Å². The summed E-state index contributed by atoms with van der Waals surface area (Å²) in [5.74, 6) is -1.04. The Bertz CT molecular complexity index is 1290. The van der Waals surface area contributed by atoms with Crippen LogP contribution in [0.4, 0.5) is 0 Å². The maximum Gasteiger partial charge on any atom is 0.306 e. The molecular weight excluding hydrogens is 721 g/mol. The third-order valence-corrected chi connectivity index (χ3v) is 8.88. The fourth-order valence-electron chi connectivity index (χ4n) is 5.57. The third-order valence-electron chi connectivity index (χ3n) is 8.88. The normalized spacial score (nSPS) is 13.2. The first kappa shape index (κ1) is 53.8. The van der Waals surface area contributed by atoms with Crippen LogP contribution in [0, 0.1) is 0 Å². The molecule has 1 unspecified atom stereocenters. The van der Waals surface area contributed by atoms with Crippen molar-refractivity contribution >= 4 is 17.9 Å². The van der Waals surface area contributed by atoms with E-state index in [1.807, 2.05) is 60.8 Å². The summed E-state index contributed by atoms with van der Waals surface area (Å²) in [4.78, 5) is 37.8. The predicted octanol–water partition coefficient (Wildman–Crippen LogP) is 14.6. The summed E-state index contributed by atoms with van der Waals surface area (Å²) in [6.45, 7) is 6.13. The van der Waals surface area contributed by atoms with Gasteiger partial charge in [0.1, 0.15) is 13.2 Å². The Morgan fingerprint density at radius 3 is 1.21 bits per heavy atom. The Labute approximate surface area is 354 Å². The highest BCUT2D eigenvalue weighted by Gasteiger charge is 2.19. The van der Waals surface area contributed by atoms with Crippen LogP contribution in [-0.2, 0) is 28.6 Å². The van der Waals surface area contributed by atoms with E-state index in [2.05, 4.69) is 81.5 Å². The quantitative estimate of drug-likeness (QED) is 0.0203. The van der Waals surface area contributed by atoms with Crippen LogP contribution in [0.3, 0.4) is 0 Å². The molecule has 0 aliphatic heterocycles. The molecule has 0 aromatic heterocycles. The van der Waals surface area contributed by atoms with Gasteiger partial charge in [-0.1, -0.05) is 194 Å². The van der Waals surface area contributed by atoms with E-state index in [0.29, 0.717) is 19.3 Å². The number of allylic oxidation sites excluding steroid dienone is 20. The first-order valence-electron chi connectivity index (χ1n) is 22.6. The molecule has 0 aromatic rings. The summed E-state index contributed by atoms with van der Waals surface area (Å²) >= 11 is 0. The molecule has 0 fully saturated rings. The number of hydrogen-bond acceptors (Lipinski definition) is 6. The lowest BCUT2D eigenvalue weighted by molar-refractivity contribution is -0.167. The maximum atomic E-state index is 12.7. The largest absolute Gasteiger partial charge is 0.462 e. The van der Waals surface area contributed by atoms with Crippen molar-refractivity contribution in [3.8, 4) is 0 Å². The van der Waals surface area contributed by atoms with Gasteiger partial charge in [-0.2, -0.15) is 0 Å². The van der Waals surface area contributed by atoms with Crippen LogP contribution in [0.1, 0.15) is 168 Å². The summed E-state index contributed by atoms with van der Waals surface area (Å²) in [5, 5.41) is 0. The van der Waals surface area contributed by atoms with E-state index in [4.69, 9.17) is 14.2 Å². The fraction of sp³-hybridized carbons (Fsp3) is 0.558. The van der Waals surface area contributed by atoms with E-state index in [1.54, 1.807) is 0 Å². The Kier molecular flexibility index (Phi) is 42.2. The van der Waals surface area contributed by atoms with Gasteiger partial charge < -0.3 is 14.2 Å². The highest BCUT2D eigenvalue weighted by Crippen LogP contribution is 2.12. The van der Waals surface area contributed by atoms with Crippen LogP contribution in [-0.4, -0.2) is 37.2 Å². The summed E-state index contributed by atoms with van der Waals surface area (Å²) in [6, 6.07) is 0. The van der Waals surface area contributed by atoms with Gasteiger partial charge in [-0.15, -0.1) is 0 Å². The summed E-state index contributed by atoms with van der Waals surface area (Å²) in [7, 11) is 0. The van der Waals surface area contributed by atoms with E-state index < -0.39 is 12.1 Å². The molecule has 58 heavy (non-hydrogen) atoms. The minimum Gasteiger partial charge on any atom is -0.462 e. The Morgan fingerprint density at radius 2 is 0.724 bits per heavy atom. The van der Waals surface area contributed by atoms with Gasteiger partial charge in [-0.3, -0.25) is 14.4 Å². The van der Waals surface area contributed by atoms with E-state index in [1.165, 1.54) is 25.7 Å². The molecular formula is C52H80O6. The molecule has 0 bridgehead atoms. The number of hydrogen-bond donors (Lipinski definition) is 0. The Morgan fingerprint density at radius 1 is 0.362 bits per heavy atom. The number of rotatable bonds is 38. The van der Waals surface area contributed by atoms with Gasteiger partial charge >= 0.3 is 17.9 Å². The van der Waals surface area contributed by atoms with Gasteiger partial charge in [0.05, 0.1) is 0 Å². The average Bonchev–Trinajstić information content (AvgIpc) is 3.22. The highest BCUT2D eigenvalue weighted by molar-refractivity contribution is 5.71. The van der Waals surface area contributed by atoms with Crippen LogP contribution in [0.2, 0.25) is 0 Å². The van der Waals surface area contributed by atoms with Crippen molar-refractivity contribution < 1.29 is 28.6 Å². The number of carbonyl (C=O) groups excluding carboxylic acids is 3. The molecule has 6 nitrogen and oxygen atoms in total. The number of esters is 3. The molecule has 0 N–H and O–H groups in total. The molecule has 0 heterocycles. The van der Waals surface area contributed by atoms with Crippen molar-refractivity contribution in [3.05, 3.63) is 122 Å². The Hall–Kier alpha value is -4.19. The molecule has 0 amide bonds. The molecule has 0 saturated carbocycles. The van der Waals surface area contributed by atoms with Gasteiger partial charge in [0.25, 0.3) is 0 Å². The summed E-state index contributed by atoms with van der Waals surface area (Å²) in [6.07, 6.45) is 61.9. The van der Waals surface area contributed by atoms with Crippen LogP contribution in [0.5, 0.6) is 0 Å². The zero-order chi connectivity index (χ0) is 42.3. The lowest BCUT2D eigenvalue weighted by atomic mass is 10.1. The maximum absolute atomic E-state index is 12.7. The monoisotopic (exact) mass is 801 g/mol. The van der Waals surface area contributed by atoms with Crippen LogP contribution >= 0.6 is 0 Å². The number of ether oxygens (including phenoxy) is 3. The standard InChI is InChI=1S/C52H80O6/c1-4-7-10-13-16-19-22-25-28-30-33-36-39-42-45-51(54)57-48-49(58-52(55)46-43-40-37-34-31-27-24-21-18-15-12-9-6-3)47-56-50(53)44-41-38-35-32-29-26-23-20-17-14-11-8-5-2/h7-12,14-21,23-24,27,31,34,37,49H,4-6,13,22,25-26,28-30,32-33,35-36,38-48H2,1-3H3/b10-7+,11-8+,12-9+,17-14+,18-15+,19-16+,23-20+,24-21+,31-27+,37-34+. The minimum atomic E-state index is -0.828. The van der Waals surface area contributed by atoms with E-state index in [0.717, 1.165) is 96.3 Å². The zero-order valence-electron chi connectivity index (χ0n) is 36.8. The molecule has 6 heteroatoms. The first-order chi connectivity index (χ1) is 28.5. The summed E-state index contributed by atoms with van der Waals surface area (Å²) < 4.78 is 16.6. The molecule has 0 radical (unpaired) electrons. The molecule has 0 rings (SSSR count). The summed E-state index contributed by atoms with van der Waals surface area (Å²) in [5.41, 5.74) is 0. The topological polar surface area (TPSA) is 78.9 Å². The second kappa shape index (κ2) is 45.5. The minimum absolute atomic E-state index is 0.122. The average molecular weight is 801 g/mol. The highest BCUT2D eigenvalue weighted by atomic mass is 16.6. The van der Waals surface area contributed by atoms with Crippen LogP contribution in [0.15, 0.2) is 122 Å². The molecule has 0 saturated heterocycles. The fourth-order valence-corrected chi connectivity index (χ4v) is 5.57. The number of carbonyl (C=O) groups is 3. The van der Waals surface area contributed by atoms with E-state index in [-0.39, 0.29) is 31.6 Å². The van der Waals surface area contributed by atoms with Gasteiger partial charge in [0.2, 0.25) is 0 Å². The number of unbranched alkanes of at least 4 members (excludes halogenated alkanes) is 13. The van der Waals surface area contributed by atoms with Gasteiger partial charge in [-0.25, -0.2) is 0 Å². The van der Waals surface area contributed by atoms with Crippen molar-refractivity contribution in [2.45, 2.75) is 175 Å². The predicted molar refractivity (Wildman–Crippen MR) is 246 cm³/mol. The third kappa shape index (κ3) is 42.9. The second-order valence-electron chi connectivity index (χ2n) is 14.3. The van der Waals surface area contributed by atoms with Crippen molar-refractivity contribution in [2.75, 3.05) is 13.2 Å². The van der Waals surface area contributed by atoms with Crippen LogP contribution in [0.25, 0.3) is 0 Å². The van der Waals surface area contributed by atoms with Gasteiger partial charge in [0, 0.05) is 19.3 Å². The molecule has 0 spiro atoms. The first-order valence-corrected chi connectivity index (χ1v) is 22.6. The van der Waals surface area contributed by atoms with E-state index in [9.17, 15) is 14.4 Å². The molecule has 0 aliphatic rings. The second-order valence-corrected chi connectivity index (χ2v) is 14.3. The Balaban J connectivity index is 4.56. The van der Waals surface area contributed by atoms with E-state index >= 15 is 0 Å². The lowest BCUT2D eigenvalue weighted by Gasteiger charge is -2.18. The molecule has 1 atom stereocenters. The SMILES string of the molecule is CC/C=C/C=C/C=C/C=C/C=C/CCCC(=O)OC(COC(=O)CCCCCCC/C=C/C=C/C=C/CC)COC(=O)CCCCCCCCC/C=C/C/C=C/CC. The lowest BCUT2D eigenvalue weighted by Crippen LogP contribution is -2.30. The van der Waals surface area contributed by atoms with Crippen LogP contribution < -0.4 is 0 Å². The smallest absolute Gasteiger partial charge is 0.306 e. The molecule has 324 valence electrons. The molecule has 0 aromatic carbocycles. The van der Waals surface area contributed by atoms with Crippen molar-refractivity contribution in [1.29, 1.82) is 0 Å². The zero-order valence-corrected chi connectivity index (χ0v) is 36.8. The van der Waals surface area contributed by atoms with Gasteiger partial charge in [0.15, 0.2) is 6.10 Å². The van der Waals surface area contributed by atoms with Gasteiger partial charge in [-0.05, 0) is 77.0 Å². The van der Waals surface area contributed by atoms with Crippen molar-refractivity contribution in [1.82, 2.24) is 0 Å². The molecule has 0 aliphatic carbocycles.